The summed E-state index contributed by atoms with van der Waals surface area (Å²) < 4.78 is 65.9. The van der Waals surface area contributed by atoms with Gasteiger partial charge in [-0.3, -0.25) is 0 Å². The summed E-state index contributed by atoms with van der Waals surface area (Å²) in [7, 11) is -3.99. The summed E-state index contributed by atoms with van der Waals surface area (Å²) in [6.07, 6.45) is -2.25. The first kappa shape index (κ1) is 17.2. The molecule has 1 aliphatic carbocycles. The molecule has 3 N–H and O–H groups in total. The third kappa shape index (κ3) is 3.61. The van der Waals surface area contributed by atoms with Gasteiger partial charge in [0.25, 0.3) is 0 Å². The van der Waals surface area contributed by atoms with Gasteiger partial charge in [-0.1, -0.05) is 12.5 Å². The first-order valence-corrected chi connectivity index (χ1v) is 8.53. The van der Waals surface area contributed by atoms with Crippen LogP contribution in [0.25, 0.3) is 0 Å². The fourth-order valence-electron chi connectivity index (χ4n) is 2.82. The molecule has 2 unspecified atom stereocenters. The summed E-state index contributed by atoms with van der Waals surface area (Å²) in [5.41, 5.74) is 4.66. The maximum absolute atomic E-state index is 12.9. The van der Waals surface area contributed by atoms with E-state index in [0.717, 1.165) is 12.8 Å². The maximum Gasteiger partial charge on any atom is 0.416 e. The Hall–Kier alpha value is -1.12. The van der Waals surface area contributed by atoms with Crippen molar-refractivity contribution in [1.29, 1.82) is 0 Å². The number of hydrogen-bond donors (Lipinski definition) is 2. The van der Waals surface area contributed by atoms with E-state index >= 15 is 0 Å². The van der Waals surface area contributed by atoms with Gasteiger partial charge in [-0.05, 0) is 49.9 Å². The van der Waals surface area contributed by atoms with Crippen LogP contribution in [0.4, 0.5) is 13.2 Å². The van der Waals surface area contributed by atoms with Crippen molar-refractivity contribution >= 4 is 10.0 Å². The quantitative estimate of drug-likeness (QED) is 0.887. The lowest BCUT2D eigenvalue weighted by atomic mass is 10.1. The highest BCUT2D eigenvalue weighted by Crippen LogP contribution is 2.33. The average molecular weight is 336 g/mol. The second-order valence-electron chi connectivity index (χ2n) is 5.63. The van der Waals surface area contributed by atoms with Crippen LogP contribution in [0.2, 0.25) is 0 Å². The molecule has 1 fully saturated rings. The zero-order valence-electron chi connectivity index (χ0n) is 12.2. The number of sulfonamides is 1. The molecule has 0 amide bonds. The smallest absolute Gasteiger partial charge is 0.330 e. The molecular formula is C14H19F3N2O2S. The maximum atomic E-state index is 12.9. The van der Waals surface area contributed by atoms with Crippen molar-refractivity contribution in [2.45, 2.75) is 43.3 Å². The second kappa shape index (κ2) is 6.17. The lowest BCUT2D eigenvalue weighted by Gasteiger charge is -2.20. The molecule has 2 atom stereocenters. The Morgan fingerprint density at radius 3 is 2.59 bits per heavy atom. The number of benzene rings is 1. The topological polar surface area (TPSA) is 72.2 Å². The van der Waals surface area contributed by atoms with Gasteiger partial charge in [-0.25, -0.2) is 13.1 Å². The van der Waals surface area contributed by atoms with Crippen molar-refractivity contribution in [3.05, 3.63) is 29.3 Å². The molecule has 1 aromatic rings. The lowest BCUT2D eigenvalue weighted by Crippen LogP contribution is -2.39. The molecule has 1 aromatic carbocycles. The van der Waals surface area contributed by atoms with Crippen LogP contribution in [0.3, 0.4) is 0 Å². The summed E-state index contributed by atoms with van der Waals surface area (Å²) in [5, 5.41) is 0. The van der Waals surface area contributed by atoms with Crippen LogP contribution in [0, 0.1) is 12.8 Å². The number of aryl methyl sites for hydroxylation is 1. The summed E-state index contributed by atoms with van der Waals surface area (Å²) in [6.45, 7) is 1.66. The summed E-state index contributed by atoms with van der Waals surface area (Å²) in [5.74, 6) is 0.0299. The van der Waals surface area contributed by atoms with E-state index in [0.29, 0.717) is 19.0 Å². The first-order chi connectivity index (χ1) is 10.1. The fourth-order valence-corrected chi connectivity index (χ4v) is 4.18. The summed E-state index contributed by atoms with van der Waals surface area (Å²) in [4.78, 5) is -0.368. The Morgan fingerprint density at radius 1 is 1.32 bits per heavy atom. The van der Waals surface area contributed by atoms with Crippen LogP contribution in [-0.4, -0.2) is 21.0 Å². The minimum atomic E-state index is -4.58. The largest absolute Gasteiger partial charge is 0.416 e. The minimum absolute atomic E-state index is 0.00727. The molecule has 0 spiro atoms. The minimum Gasteiger partial charge on any atom is -0.330 e. The summed E-state index contributed by atoms with van der Waals surface area (Å²) in [6, 6.07) is 2.74. The molecule has 1 aliphatic rings. The molecule has 0 heterocycles. The van der Waals surface area contributed by atoms with E-state index in [2.05, 4.69) is 4.72 Å². The number of hydrogen-bond acceptors (Lipinski definition) is 3. The molecule has 4 nitrogen and oxygen atoms in total. The Kier molecular flexibility index (Phi) is 4.84. The highest BCUT2D eigenvalue weighted by Gasteiger charge is 2.35. The van der Waals surface area contributed by atoms with E-state index in [-0.39, 0.29) is 22.4 Å². The van der Waals surface area contributed by atoms with Gasteiger partial charge in [-0.15, -0.1) is 0 Å². The van der Waals surface area contributed by atoms with Crippen LogP contribution in [0.1, 0.15) is 30.4 Å². The van der Waals surface area contributed by atoms with Gasteiger partial charge in [0.2, 0.25) is 10.0 Å². The normalized spacial score (nSPS) is 23.0. The fraction of sp³-hybridized carbons (Fsp3) is 0.571. The van der Waals surface area contributed by atoms with Crippen molar-refractivity contribution in [2.24, 2.45) is 11.7 Å². The van der Waals surface area contributed by atoms with Gasteiger partial charge in [0.1, 0.15) is 0 Å². The van der Waals surface area contributed by atoms with Gasteiger partial charge in [0.05, 0.1) is 10.5 Å². The van der Waals surface area contributed by atoms with Crippen LogP contribution in [0.15, 0.2) is 23.1 Å². The molecule has 0 aromatic heterocycles. The standard InChI is InChI=1S/C14H19F3N2O2S/c1-9-5-6-11(7-12(9)14(15,16)17)22(20,21)19-13-4-2-3-10(13)8-18/h5-7,10,13,19H,2-4,8,18H2,1H3. The lowest BCUT2D eigenvalue weighted by molar-refractivity contribution is -0.138. The molecule has 2 rings (SSSR count). The van der Waals surface area contributed by atoms with Crippen LogP contribution in [-0.2, 0) is 16.2 Å². The Balaban J connectivity index is 2.30. The van der Waals surface area contributed by atoms with E-state index in [1.165, 1.54) is 19.1 Å². The summed E-state index contributed by atoms with van der Waals surface area (Å²) >= 11 is 0. The Bertz CT molecular complexity index is 644. The monoisotopic (exact) mass is 336 g/mol. The van der Waals surface area contributed by atoms with E-state index in [1.807, 2.05) is 0 Å². The first-order valence-electron chi connectivity index (χ1n) is 7.05. The van der Waals surface area contributed by atoms with E-state index in [9.17, 15) is 21.6 Å². The third-order valence-electron chi connectivity index (χ3n) is 4.09. The molecule has 0 saturated heterocycles. The average Bonchev–Trinajstić information content (AvgIpc) is 2.84. The van der Waals surface area contributed by atoms with Crippen molar-refractivity contribution in [3.8, 4) is 0 Å². The zero-order chi connectivity index (χ0) is 16.5. The number of rotatable bonds is 4. The molecule has 124 valence electrons. The van der Waals surface area contributed by atoms with Crippen molar-refractivity contribution < 1.29 is 21.6 Å². The molecule has 8 heteroatoms. The molecule has 1 saturated carbocycles. The van der Waals surface area contributed by atoms with E-state index in [4.69, 9.17) is 5.73 Å². The highest BCUT2D eigenvalue weighted by atomic mass is 32.2. The molecule has 0 radical (unpaired) electrons. The van der Waals surface area contributed by atoms with Gasteiger partial charge in [0.15, 0.2) is 0 Å². The molecular weight excluding hydrogens is 317 g/mol. The number of halogens is 3. The predicted molar refractivity (Wildman–Crippen MR) is 76.7 cm³/mol. The number of nitrogens with one attached hydrogen (secondary N) is 1. The van der Waals surface area contributed by atoms with Gasteiger partial charge >= 0.3 is 6.18 Å². The van der Waals surface area contributed by atoms with E-state index < -0.39 is 21.8 Å². The molecule has 22 heavy (non-hydrogen) atoms. The number of alkyl halides is 3. The van der Waals surface area contributed by atoms with Gasteiger partial charge < -0.3 is 5.73 Å². The second-order valence-corrected chi connectivity index (χ2v) is 7.34. The van der Waals surface area contributed by atoms with Crippen LogP contribution < -0.4 is 10.5 Å². The SMILES string of the molecule is Cc1ccc(S(=O)(=O)NC2CCCC2CN)cc1C(F)(F)F. The van der Waals surface area contributed by atoms with Crippen molar-refractivity contribution in [2.75, 3.05) is 6.54 Å². The van der Waals surface area contributed by atoms with E-state index in [1.54, 1.807) is 0 Å². The van der Waals surface area contributed by atoms with Gasteiger partial charge in [0, 0.05) is 6.04 Å². The molecule has 0 aliphatic heterocycles. The highest BCUT2D eigenvalue weighted by molar-refractivity contribution is 7.89. The van der Waals surface area contributed by atoms with Crippen LogP contribution >= 0.6 is 0 Å². The van der Waals surface area contributed by atoms with Gasteiger partial charge in [-0.2, -0.15) is 13.2 Å². The predicted octanol–water partition coefficient (Wildman–Crippen LogP) is 2.42. The number of nitrogens with two attached hydrogens (primary N) is 1. The third-order valence-corrected chi connectivity index (χ3v) is 5.58. The Morgan fingerprint density at radius 2 is 2.00 bits per heavy atom. The Labute approximate surface area is 127 Å². The van der Waals surface area contributed by atoms with Crippen molar-refractivity contribution in [3.63, 3.8) is 0 Å². The van der Waals surface area contributed by atoms with Crippen molar-refractivity contribution in [1.82, 2.24) is 4.72 Å². The zero-order valence-corrected chi connectivity index (χ0v) is 13.0. The molecule has 0 bridgehead atoms. The van der Waals surface area contributed by atoms with Crippen LogP contribution in [0.5, 0.6) is 0 Å².